The largest absolute Gasteiger partial charge is 0.618 e. The highest BCUT2D eigenvalue weighted by atomic mass is 79.9. The standard InChI is InChI=1S/C8H8BrNO3/c1-5-3-7(8(11)13-2)10(12)4-6(5)9/h3-4H,1-2H3. The van der Waals surface area contributed by atoms with Gasteiger partial charge >= 0.3 is 11.7 Å². The highest BCUT2D eigenvalue weighted by Crippen LogP contribution is 2.13. The second-order valence-corrected chi connectivity index (χ2v) is 3.36. The van der Waals surface area contributed by atoms with Crippen LogP contribution in [0.2, 0.25) is 0 Å². The number of aromatic nitrogens is 1. The van der Waals surface area contributed by atoms with E-state index in [0.29, 0.717) is 9.20 Å². The molecule has 0 N–H and O–H groups in total. The number of ether oxygens (including phenoxy) is 1. The van der Waals surface area contributed by atoms with Crippen molar-refractivity contribution in [2.24, 2.45) is 0 Å². The molecule has 1 rings (SSSR count). The third-order valence-corrected chi connectivity index (χ3v) is 2.42. The first-order valence-corrected chi connectivity index (χ1v) is 4.33. The molecular weight excluding hydrogens is 238 g/mol. The summed E-state index contributed by atoms with van der Waals surface area (Å²) in [6.45, 7) is 1.79. The monoisotopic (exact) mass is 245 g/mol. The van der Waals surface area contributed by atoms with Crippen LogP contribution < -0.4 is 4.73 Å². The van der Waals surface area contributed by atoms with Gasteiger partial charge in [0, 0.05) is 6.07 Å². The Morgan fingerprint density at radius 1 is 1.69 bits per heavy atom. The summed E-state index contributed by atoms with van der Waals surface area (Å²) >= 11 is 3.18. The number of nitrogens with zero attached hydrogens (tertiary/aromatic N) is 1. The van der Waals surface area contributed by atoms with E-state index in [1.807, 2.05) is 0 Å². The zero-order valence-corrected chi connectivity index (χ0v) is 8.79. The molecule has 0 amide bonds. The molecule has 4 nitrogen and oxygen atoms in total. The number of hydrogen-bond acceptors (Lipinski definition) is 3. The highest BCUT2D eigenvalue weighted by molar-refractivity contribution is 9.10. The van der Waals surface area contributed by atoms with Gasteiger partial charge in [0.2, 0.25) is 0 Å². The Labute approximate surface area is 83.8 Å². The molecule has 0 bridgehead atoms. The van der Waals surface area contributed by atoms with Gasteiger partial charge in [-0.05, 0) is 28.4 Å². The fourth-order valence-electron chi connectivity index (χ4n) is 0.865. The molecule has 0 unspecified atom stereocenters. The molecule has 0 atom stereocenters. The molecule has 13 heavy (non-hydrogen) atoms. The Hall–Kier alpha value is -1.10. The summed E-state index contributed by atoms with van der Waals surface area (Å²) in [7, 11) is 1.24. The first-order chi connectivity index (χ1) is 6.06. The van der Waals surface area contributed by atoms with Crippen molar-refractivity contribution in [2.75, 3.05) is 7.11 Å². The van der Waals surface area contributed by atoms with Gasteiger partial charge in [0.1, 0.15) is 0 Å². The molecule has 0 saturated heterocycles. The van der Waals surface area contributed by atoms with Gasteiger partial charge in [-0.25, -0.2) is 4.79 Å². The van der Waals surface area contributed by atoms with Gasteiger partial charge in [0.25, 0.3) is 0 Å². The van der Waals surface area contributed by atoms with Crippen molar-refractivity contribution in [3.63, 3.8) is 0 Å². The Morgan fingerprint density at radius 3 is 2.85 bits per heavy atom. The van der Waals surface area contributed by atoms with Gasteiger partial charge in [0.15, 0.2) is 6.20 Å². The van der Waals surface area contributed by atoms with Gasteiger partial charge in [-0.2, -0.15) is 4.73 Å². The zero-order valence-electron chi connectivity index (χ0n) is 7.20. The van der Waals surface area contributed by atoms with E-state index in [1.54, 1.807) is 6.92 Å². The van der Waals surface area contributed by atoms with E-state index in [-0.39, 0.29) is 5.69 Å². The van der Waals surface area contributed by atoms with Gasteiger partial charge in [-0.1, -0.05) is 0 Å². The topological polar surface area (TPSA) is 53.2 Å². The minimum Gasteiger partial charge on any atom is -0.618 e. The highest BCUT2D eigenvalue weighted by Gasteiger charge is 2.17. The third-order valence-electron chi connectivity index (χ3n) is 1.59. The van der Waals surface area contributed by atoms with E-state index in [1.165, 1.54) is 19.4 Å². The molecule has 70 valence electrons. The third kappa shape index (κ3) is 1.98. The molecule has 0 aliphatic heterocycles. The first kappa shape index (κ1) is 9.98. The summed E-state index contributed by atoms with van der Waals surface area (Å²) in [4.78, 5) is 11.0. The zero-order chi connectivity index (χ0) is 10.0. The predicted molar refractivity (Wildman–Crippen MR) is 49.2 cm³/mol. The average molecular weight is 246 g/mol. The molecule has 0 saturated carbocycles. The number of hydrogen-bond donors (Lipinski definition) is 0. The Bertz CT molecular complexity index is 351. The number of esters is 1. The molecule has 0 aromatic carbocycles. The number of carbonyl (C=O) groups is 1. The average Bonchev–Trinajstić information content (AvgIpc) is 2.10. The van der Waals surface area contributed by atoms with E-state index in [4.69, 9.17) is 0 Å². The van der Waals surface area contributed by atoms with Crippen LogP contribution in [0.4, 0.5) is 0 Å². The maximum atomic E-state index is 11.2. The first-order valence-electron chi connectivity index (χ1n) is 3.54. The van der Waals surface area contributed by atoms with E-state index >= 15 is 0 Å². The molecule has 0 aliphatic carbocycles. The Morgan fingerprint density at radius 2 is 2.31 bits per heavy atom. The lowest BCUT2D eigenvalue weighted by molar-refractivity contribution is -0.609. The number of carbonyl (C=O) groups excluding carboxylic acids is 1. The lowest BCUT2D eigenvalue weighted by atomic mass is 10.2. The van der Waals surface area contributed by atoms with E-state index in [0.717, 1.165) is 5.56 Å². The number of methoxy groups -OCH3 is 1. The minimum atomic E-state index is -0.634. The molecule has 0 spiro atoms. The fraction of sp³-hybridized carbons (Fsp3) is 0.250. The minimum absolute atomic E-state index is 0.0109. The van der Waals surface area contributed by atoms with Crippen molar-refractivity contribution in [1.29, 1.82) is 0 Å². The van der Waals surface area contributed by atoms with E-state index < -0.39 is 5.97 Å². The fourth-order valence-corrected chi connectivity index (χ4v) is 1.17. The smallest absolute Gasteiger partial charge is 0.404 e. The Balaban J connectivity index is 3.23. The summed E-state index contributed by atoms with van der Waals surface area (Å²) in [5.74, 6) is -0.634. The molecule has 1 aromatic heterocycles. The van der Waals surface area contributed by atoms with Gasteiger partial charge in [-0.15, -0.1) is 0 Å². The van der Waals surface area contributed by atoms with E-state index in [2.05, 4.69) is 20.7 Å². The summed E-state index contributed by atoms with van der Waals surface area (Å²) in [5, 5.41) is 11.2. The van der Waals surface area contributed by atoms with Gasteiger partial charge in [-0.3, -0.25) is 0 Å². The molecule has 1 heterocycles. The SMILES string of the molecule is COC(=O)c1cc(C)c(Br)c[n+]1[O-]. The summed E-state index contributed by atoms with van der Waals surface area (Å²) in [5.41, 5.74) is 0.802. The normalized spacial score (nSPS) is 9.77. The van der Waals surface area contributed by atoms with Crippen LogP contribution >= 0.6 is 15.9 Å². The van der Waals surface area contributed by atoms with Crippen LogP contribution in [-0.4, -0.2) is 13.1 Å². The molecule has 0 aliphatic rings. The van der Waals surface area contributed by atoms with Crippen LogP contribution in [-0.2, 0) is 4.74 Å². The number of pyridine rings is 1. The van der Waals surface area contributed by atoms with Crippen LogP contribution in [0.1, 0.15) is 16.1 Å². The maximum Gasteiger partial charge on any atom is 0.404 e. The summed E-state index contributed by atoms with van der Waals surface area (Å²) in [6, 6.07) is 1.48. The van der Waals surface area contributed by atoms with Crippen LogP contribution in [0, 0.1) is 12.1 Å². The Kier molecular flexibility index (Phi) is 2.87. The van der Waals surface area contributed by atoms with Gasteiger partial charge in [0.05, 0.1) is 11.6 Å². The summed E-state index contributed by atoms with van der Waals surface area (Å²) < 4.78 is 5.57. The molecule has 0 fully saturated rings. The number of rotatable bonds is 1. The quantitative estimate of drug-likeness (QED) is 0.424. The molecule has 1 aromatic rings. The van der Waals surface area contributed by atoms with Crippen LogP contribution in [0.5, 0.6) is 0 Å². The lowest BCUT2D eigenvalue weighted by Gasteiger charge is -2.04. The summed E-state index contributed by atoms with van der Waals surface area (Å²) in [6.07, 6.45) is 1.28. The van der Waals surface area contributed by atoms with Crippen molar-refractivity contribution < 1.29 is 14.3 Å². The van der Waals surface area contributed by atoms with Crippen molar-refractivity contribution in [3.8, 4) is 0 Å². The predicted octanol–water partition coefficient (Wildman–Crippen LogP) is 1.18. The van der Waals surface area contributed by atoms with E-state index in [9.17, 15) is 10.0 Å². The molecule has 0 radical (unpaired) electrons. The van der Waals surface area contributed by atoms with Crippen LogP contribution in [0.15, 0.2) is 16.7 Å². The second-order valence-electron chi connectivity index (χ2n) is 2.51. The lowest BCUT2D eigenvalue weighted by Crippen LogP contribution is -2.35. The number of halogens is 1. The number of aryl methyl sites for hydroxylation is 1. The van der Waals surface area contributed by atoms with Crippen LogP contribution in [0.25, 0.3) is 0 Å². The van der Waals surface area contributed by atoms with Crippen molar-refractivity contribution in [3.05, 3.63) is 33.2 Å². The van der Waals surface area contributed by atoms with Crippen molar-refractivity contribution in [2.45, 2.75) is 6.92 Å². The van der Waals surface area contributed by atoms with Gasteiger partial charge < -0.3 is 9.94 Å². The van der Waals surface area contributed by atoms with Crippen molar-refractivity contribution in [1.82, 2.24) is 0 Å². The molecule has 5 heteroatoms. The molecular formula is C8H8BrNO3. The maximum absolute atomic E-state index is 11.2. The van der Waals surface area contributed by atoms with Crippen LogP contribution in [0.3, 0.4) is 0 Å². The second kappa shape index (κ2) is 3.74. The van der Waals surface area contributed by atoms with Crippen molar-refractivity contribution >= 4 is 21.9 Å².